The van der Waals surface area contributed by atoms with Gasteiger partial charge in [0, 0.05) is 17.1 Å². The summed E-state index contributed by atoms with van der Waals surface area (Å²) >= 11 is 0. The normalized spacial score (nSPS) is 25.7. The summed E-state index contributed by atoms with van der Waals surface area (Å²) in [7, 11) is 0. The fraction of sp³-hybridized carbons (Fsp3) is 0.471. The van der Waals surface area contributed by atoms with Gasteiger partial charge in [-0.3, -0.25) is 0 Å². The summed E-state index contributed by atoms with van der Waals surface area (Å²) in [4.78, 5) is 12.2. The van der Waals surface area contributed by atoms with Crippen molar-refractivity contribution in [3.05, 3.63) is 29.3 Å². The van der Waals surface area contributed by atoms with Crippen molar-refractivity contribution in [1.29, 1.82) is 0 Å². The molecule has 2 aliphatic rings. The smallest absolute Gasteiger partial charge is 0.470 e. The molecule has 0 bridgehead atoms. The van der Waals surface area contributed by atoms with E-state index in [1.165, 1.54) is 6.92 Å². The minimum atomic E-state index is -4.92. The topological polar surface area (TPSA) is 54.0 Å². The average Bonchev–Trinajstić information content (AvgIpc) is 3.04. The molecule has 2 heterocycles. The molecule has 0 fully saturated rings. The number of alkyl halides is 5. The Morgan fingerprint density at radius 2 is 1.79 bits per heavy atom. The molecule has 0 saturated carbocycles. The molecule has 1 aromatic rings. The fourth-order valence-corrected chi connectivity index (χ4v) is 3.04. The molecule has 11 heteroatoms. The number of rotatable bonds is 3. The van der Waals surface area contributed by atoms with E-state index in [2.05, 4.69) is 9.47 Å². The van der Waals surface area contributed by atoms with Crippen LogP contribution in [0.3, 0.4) is 0 Å². The molecule has 0 amide bonds. The molecule has 0 N–H and O–H groups in total. The maximum absolute atomic E-state index is 13.9. The number of esters is 1. The Labute approximate surface area is 154 Å². The standard InChI is InChI=1S/C17H14F6O5/c1-4-25-14(24)13-10(7(2)15(3,26-13)16(19,20)21)8-5-6-9(18)12-11(8)27-17(22,23)28-12/h5-7H,4H2,1-3H3/t7-,15+/m0/s1. The van der Waals surface area contributed by atoms with Crippen molar-refractivity contribution in [2.45, 2.75) is 38.8 Å². The van der Waals surface area contributed by atoms with E-state index in [1.807, 2.05) is 0 Å². The predicted molar refractivity (Wildman–Crippen MR) is 80.9 cm³/mol. The van der Waals surface area contributed by atoms with E-state index in [0.29, 0.717) is 13.0 Å². The van der Waals surface area contributed by atoms with Crippen molar-refractivity contribution in [2.75, 3.05) is 6.61 Å². The van der Waals surface area contributed by atoms with Gasteiger partial charge < -0.3 is 18.9 Å². The van der Waals surface area contributed by atoms with Crippen LogP contribution in [0.5, 0.6) is 11.5 Å². The van der Waals surface area contributed by atoms with E-state index in [4.69, 9.17) is 9.47 Å². The highest BCUT2D eigenvalue weighted by Gasteiger charge is 2.63. The van der Waals surface area contributed by atoms with Gasteiger partial charge in [-0.15, -0.1) is 8.78 Å². The molecule has 154 valence electrons. The van der Waals surface area contributed by atoms with E-state index >= 15 is 0 Å². The number of ether oxygens (including phenoxy) is 4. The van der Waals surface area contributed by atoms with Gasteiger partial charge in [-0.1, -0.05) is 6.92 Å². The molecule has 0 aromatic heterocycles. The van der Waals surface area contributed by atoms with Crippen LogP contribution in [0, 0.1) is 11.7 Å². The molecule has 2 atom stereocenters. The molecule has 0 radical (unpaired) electrons. The van der Waals surface area contributed by atoms with Crippen LogP contribution in [0.4, 0.5) is 26.3 Å². The van der Waals surface area contributed by atoms with E-state index < -0.39 is 64.2 Å². The lowest BCUT2D eigenvalue weighted by Gasteiger charge is -2.32. The summed E-state index contributed by atoms with van der Waals surface area (Å²) in [6.07, 6.45) is -9.14. The van der Waals surface area contributed by atoms with E-state index in [-0.39, 0.29) is 6.61 Å². The molecule has 0 saturated heterocycles. The van der Waals surface area contributed by atoms with Crippen molar-refractivity contribution in [2.24, 2.45) is 5.92 Å². The highest BCUT2D eigenvalue weighted by molar-refractivity contribution is 5.98. The number of carbonyl (C=O) groups is 1. The van der Waals surface area contributed by atoms with Gasteiger partial charge in [0.25, 0.3) is 0 Å². The zero-order valence-electron chi connectivity index (χ0n) is 14.7. The lowest BCUT2D eigenvalue weighted by atomic mass is 9.82. The van der Waals surface area contributed by atoms with E-state index in [9.17, 15) is 31.1 Å². The van der Waals surface area contributed by atoms with Gasteiger partial charge in [0.2, 0.25) is 17.1 Å². The number of halogens is 6. The van der Waals surface area contributed by atoms with Gasteiger partial charge in [0.05, 0.1) is 6.61 Å². The van der Waals surface area contributed by atoms with Gasteiger partial charge in [-0.2, -0.15) is 13.2 Å². The largest absolute Gasteiger partial charge is 0.586 e. The van der Waals surface area contributed by atoms with Gasteiger partial charge in [0.1, 0.15) is 0 Å². The Morgan fingerprint density at radius 1 is 1.18 bits per heavy atom. The van der Waals surface area contributed by atoms with Crippen molar-refractivity contribution < 1.29 is 50.1 Å². The van der Waals surface area contributed by atoms with E-state index in [1.54, 1.807) is 0 Å². The first-order valence-electron chi connectivity index (χ1n) is 8.08. The Hall–Kier alpha value is -2.59. The molecule has 0 unspecified atom stereocenters. The van der Waals surface area contributed by atoms with Crippen LogP contribution in [0.25, 0.3) is 5.57 Å². The summed E-state index contributed by atoms with van der Waals surface area (Å²) in [5.41, 5.74) is -3.65. The summed E-state index contributed by atoms with van der Waals surface area (Å²) in [5.74, 6) is -6.60. The Bertz CT molecular complexity index is 862. The van der Waals surface area contributed by atoms with Gasteiger partial charge in [-0.05, 0) is 26.0 Å². The molecule has 5 nitrogen and oxygen atoms in total. The molecule has 0 spiro atoms. The van der Waals surface area contributed by atoms with Crippen LogP contribution in [0.1, 0.15) is 26.3 Å². The van der Waals surface area contributed by atoms with Crippen LogP contribution in [-0.2, 0) is 14.3 Å². The highest BCUT2D eigenvalue weighted by Crippen LogP contribution is 2.56. The molecule has 28 heavy (non-hydrogen) atoms. The summed E-state index contributed by atoms with van der Waals surface area (Å²) < 4.78 is 99.7. The van der Waals surface area contributed by atoms with Crippen molar-refractivity contribution in [3.8, 4) is 11.5 Å². The van der Waals surface area contributed by atoms with Gasteiger partial charge >= 0.3 is 18.4 Å². The molecular formula is C17H14F6O5. The quantitative estimate of drug-likeness (QED) is 0.544. The van der Waals surface area contributed by atoms with Gasteiger partial charge in [-0.25, -0.2) is 9.18 Å². The average molecular weight is 412 g/mol. The summed E-state index contributed by atoms with van der Waals surface area (Å²) in [5, 5.41) is 0. The third-order valence-corrected chi connectivity index (χ3v) is 4.64. The lowest BCUT2D eigenvalue weighted by Crippen LogP contribution is -2.47. The first kappa shape index (κ1) is 20.2. The molecular weight excluding hydrogens is 398 g/mol. The van der Waals surface area contributed by atoms with Crippen molar-refractivity contribution in [1.82, 2.24) is 0 Å². The molecule has 3 rings (SSSR count). The molecule has 1 aromatic carbocycles. The minimum Gasteiger partial charge on any atom is -0.470 e. The Balaban J connectivity index is 2.22. The number of benzene rings is 1. The predicted octanol–water partition coefficient (Wildman–Crippen LogP) is 4.41. The Morgan fingerprint density at radius 3 is 2.36 bits per heavy atom. The molecule has 0 aliphatic carbocycles. The fourth-order valence-electron chi connectivity index (χ4n) is 3.04. The number of hydrogen-bond acceptors (Lipinski definition) is 5. The van der Waals surface area contributed by atoms with Crippen LogP contribution in [0.2, 0.25) is 0 Å². The highest BCUT2D eigenvalue weighted by atomic mass is 19.4. The zero-order valence-corrected chi connectivity index (χ0v) is 14.7. The van der Waals surface area contributed by atoms with Crippen LogP contribution in [0.15, 0.2) is 17.9 Å². The Kier molecular flexibility index (Phi) is 4.47. The monoisotopic (exact) mass is 412 g/mol. The van der Waals surface area contributed by atoms with Crippen LogP contribution >= 0.6 is 0 Å². The van der Waals surface area contributed by atoms with Crippen LogP contribution in [-0.4, -0.2) is 30.6 Å². The maximum atomic E-state index is 13.9. The second-order valence-corrected chi connectivity index (χ2v) is 6.31. The van der Waals surface area contributed by atoms with Crippen molar-refractivity contribution in [3.63, 3.8) is 0 Å². The first-order chi connectivity index (χ1) is 12.8. The zero-order chi connectivity index (χ0) is 21.1. The second kappa shape index (κ2) is 6.21. The number of hydrogen-bond donors (Lipinski definition) is 0. The van der Waals surface area contributed by atoms with Crippen LogP contribution < -0.4 is 9.47 Å². The summed E-state index contributed by atoms with van der Waals surface area (Å²) in [6.45, 7) is 3.06. The van der Waals surface area contributed by atoms with E-state index in [0.717, 1.165) is 13.0 Å². The minimum absolute atomic E-state index is 0.171. The maximum Gasteiger partial charge on any atom is 0.586 e. The van der Waals surface area contributed by atoms with Crippen molar-refractivity contribution >= 4 is 11.5 Å². The molecule has 2 aliphatic heterocycles. The SMILES string of the molecule is CCOC(=O)C1=C(c2ccc(F)c3c2OC(F)(F)O3)[C@H](C)[C@](C)(C(F)(F)F)O1. The third kappa shape index (κ3) is 2.92. The number of fused-ring (bicyclic) bond motifs is 1. The third-order valence-electron chi connectivity index (χ3n) is 4.64. The second-order valence-electron chi connectivity index (χ2n) is 6.31. The summed E-state index contributed by atoms with van der Waals surface area (Å²) in [6, 6.07) is 1.63. The lowest BCUT2D eigenvalue weighted by molar-refractivity contribution is -0.287. The number of carbonyl (C=O) groups excluding carboxylic acids is 1. The first-order valence-corrected chi connectivity index (χ1v) is 8.08. The van der Waals surface area contributed by atoms with Gasteiger partial charge in [0.15, 0.2) is 11.6 Å².